The topological polar surface area (TPSA) is 84.9 Å². The van der Waals surface area contributed by atoms with Crippen LogP contribution in [-0.4, -0.2) is 52.0 Å². The molecule has 9 heteroatoms. The van der Waals surface area contributed by atoms with Crippen LogP contribution in [0, 0.1) is 6.92 Å². The monoisotopic (exact) mass is 466 g/mol. The predicted molar refractivity (Wildman–Crippen MR) is 119 cm³/mol. The Morgan fingerprint density at radius 1 is 1.23 bits per heavy atom. The maximum atomic E-state index is 13.0. The molecule has 2 aromatic rings. The zero-order valence-corrected chi connectivity index (χ0v) is 19.4. The number of nitrogens with zero attached hydrogens (tertiary/aromatic N) is 1. The quantitative estimate of drug-likeness (QED) is 0.674. The smallest absolute Gasteiger partial charge is 0.253 e. The van der Waals surface area contributed by atoms with Crippen LogP contribution in [0.1, 0.15) is 40.9 Å². The first-order valence-electron chi connectivity index (χ1n) is 10.1. The van der Waals surface area contributed by atoms with E-state index in [4.69, 9.17) is 21.1 Å². The van der Waals surface area contributed by atoms with E-state index in [-0.39, 0.29) is 34.6 Å². The van der Waals surface area contributed by atoms with Crippen molar-refractivity contribution in [3.8, 4) is 5.75 Å². The minimum absolute atomic E-state index is 0.0392. The number of carbonyl (C=O) groups is 1. The van der Waals surface area contributed by atoms with Gasteiger partial charge in [0.1, 0.15) is 5.75 Å². The van der Waals surface area contributed by atoms with Crippen molar-refractivity contribution in [2.24, 2.45) is 0 Å². The molecular formula is C22H27ClN2O5S. The van der Waals surface area contributed by atoms with Gasteiger partial charge < -0.3 is 14.8 Å². The van der Waals surface area contributed by atoms with Crippen molar-refractivity contribution in [3.63, 3.8) is 0 Å². The average Bonchev–Trinajstić information content (AvgIpc) is 2.78. The van der Waals surface area contributed by atoms with Crippen LogP contribution in [-0.2, 0) is 14.8 Å². The lowest BCUT2D eigenvalue weighted by Crippen LogP contribution is -2.40. The average molecular weight is 467 g/mol. The summed E-state index contributed by atoms with van der Waals surface area (Å²) in [6, 6.07) is 9.69. The van der Waals surface area contributed by atoms with E-state index >= 15 is 0 Å². The zero-order valence-electron chi connectivity index (χ0n) is 17.9. The summed E-state index contributed by atoms with van der Waals surface area (Å²) in [6.45, 7) is 5.15. The highest BCUT2D eigenvalue weighted by atomic mass is 35.5. The molecule has 0 saturated carbocycles. The van der Waals surface area contributed by atoms with Gasteiger partial charge in [0.15, 0.2) is 0 Å². The first-order valence-corrected chi connectivity index (χ1v) is 11.9. The summed E-state index contributed by atoms with van der Waals surface area (Å²) < 4.78 is 37.8. The van der Waals surface area contributed by atoms with E-state index in [1.807, 2.05) is 32.0 Å². The van der Waals surface area contributed by atoms with Crippen LogP contribution in [0.15, 0.2) is 41.3 Å². The molecule has 1 atom stereocenters. The highest BCUT2D eigenvalue weighted by molar-refractivity contribution is 7.89. The summed E-state index contributed by atoms with van der Waals surface area (Å²) in [5, 5.41) is 3.16. The SMILES string of the molecule is CCC(NC(=O)c1cc(S(=O)(=O)N2CCOCC2)ccc1Cl)c1ccc(OC)c(C)c1. The molecule has 7 nitrogen and oxygen atoms in total. The van der Waals surface area contributed by atoms with Gasteiger partial charge in [-0.05, 0) is 48.7 Å². The van der Waals surface area contributed by atoms with Crippen LogP contribution in [0.4, 0.5) is 0 Å². The molecule has 1 aliphatic heterocycles. The number of methoxy groups -OCH3 is 1. The van der Waals surface area contributed by atoms with Crippen LogP contribution >= 0.6 is 11.6 Å². The molecule has 3 rings (SSSR count). The van der Waals surface area contributed by atoms with E-state index < -0.39 is 15.9 Å². The number of morpholine rings is 1. The molecule has 0 radical (unpaired) electrons. The molecule has 1 amide bonds. The molecule has 0 bridgehead atoms. The fraction of sp³-hybridized carbons (Fsp3) is 0.409. The predicted octanol–water partition coefficient (Wildman–Crippen LogP) is 3.56. The van der Waals surface area contributed by atoms with Gasteiger partial charge in [-0.3, -0.25) is 4.79 Å². The number of ether oxygens (including phenoxy) is 2. The van der Waals surface area contributed by atoms with E-state index in [1.54, 1.807) is 7.11 Å². The molecule has 0 aliphatic carbocycles. The van der Waals surface area contributed by atoms with Gasteiger partial charge >= 0.3 is 0 Å². The standard InChI is InChI=1S/C22H27ClN2O5S/c1-4-20(16-5-8-21(29-3)15(2)13-16)24-22(26)18-14-17(6-7-19(18)23)31(27,28)25-9-11-30-12-10-25/h5-8,13-14,20H,4,9-12H2,1-3H3,(H,24,26). The number of benzene rings is 2. The Balaban J connectivity index is 1.85. The van der Waals surface area contributed by atoms with Gasteiger partial charge in [0.2, 0.25) is 10.0 Å². The third-order valence-electron chi connectivity index (χ3n) is 5.33. The molecular weight excluding hydrogens is 440 g/mol. The molecule has 2 aromatic carbocycles. The summed E-state index contributed by atoms with van der Waals surface area (Å²) in [4.78, 5) is 13.1. The molecule has 1 saturated heterocycles. The molecule has 1 heterocycles. The van der Waals surface area contributed by atoms with Gasteiger partial charge in [-0.2, -0.15) is 4.31 Å². The van der Waals surface area contributed by atoms with Crippen molar-refractivity contribution in [1.82, 2.24) is 9.62 Å². The van der Waals surface area contributed by atoms with Crippen molar-refractivity contribution in [1.29, 1.82) is 0 Å². The lowest BCUT2D eigenvalue weighted by atomic mass is 10.0. The van der Waals surface area contributed by atoms with E-state index in [2.05, 4.69) is 5.32 Å². The minimum atomic E-state index is -3.73. The molecule has 31 heavy (non-hydrogen) atoms. The lowest BCUT2D eigenvalue weighted by molar-refractivity contribution is 0.0730. The third-order valence-corrected chi connectivity index (χ3v) is 7.55. The summed E-state index contributed by atoms with van der Waals surface area (Å²) >= 11 is 6.26. The zero-order chi connectivity index (χ0) is 22.6. The molecule has 1 unspecified atom stereocenters. The number of amides is 1. The van der Waals surface area contributed by atoms with E-state index in [0.717, 1.165) is 16.9 Å². The minimum Gasteiger partial charge on any atom is -0.496 e. The largest absolute Gasteiger partial charge is 0.496 e. The summed E-state index contributed by atoms with van der Waals surface area (Å²) in [5.41, 5.74) is 2.02. The number of rotatable bonds is 7. The van der Waals surface area contributed by atoms with Crippen LogP contribution < -0.4 is 10.1 Å². The Hall–Kier alpha value is -2.13. The molecule has 1 N–H and O–H groups in total. The van der Waals surface area contributed by atoms with Gasteiger partial charge in [0, 0.05) is 13.1 Å². The van der Waals surface area contributed by atoms with Gasteiger partial charge in [0.05, 0.1) is 41.8 Å². The van der Waals surface area contributed by atoms with Gasteiger partial charge in [0.25, 0.3) is 5.91 Å². The fourth-order valence-electron chi connectivity index (χ4n) is 3.55. The molecule has 1 aliphatic rings. The van der Waals surface area contributed by atoms with Crippen molar-refractivity contribution < 1.29 is 22.7 Å². The van der Waals surface area contributed by atoms with Crippen LogP contribution in [0.3, 0.4) is 0 Å². The van der Waals surface area contributed by atoms with E-state index in [9.17, 15) is 13.2 Å². The maximum Gasteiger partial charge on any atom is 0.253 e. The molecule has 0 aromatic heterocycles. The van der Waals surface area contributed by atoms with Crippen LogP contribution in [0.25, 0.3) is 0 Å². The van der Waals surface area contributed by atoms with Crippen LogP contribution in [0.2, 0.25) is 5.02 Å². The van der Waals surface area contributed by atoms with Gasteiger partial charge in [-0.25, -0.2) is 8.42 Å². The number of aryl methyl sites for hydroxylation is 1. The highest BCUT2D eigenvalue weighted by Gasteiger charge is 2.28. The fourth-order valence-corrected chi connectivity index (χ4v) is 5.19. The van der Waals surface area contributed by atoms with Crippen molar-refractivity contribution in [3.05, 3.63) is 58.1 Å². The first kappa shape index (κ1) is 23.5. The number of nitrogens with one attached hydrogen (secondary N) is 1. The Kier molecular flexibility index (Phi) is 7.59. The lowest BCUT2D eigenvalue weighted by Gasteiger charge is -2.26. The van der Waals surface area contributed by atoms with E-state index in [0.29, 0.717) is 19.6 Å². The highest BCUT2D eigenvalue weighted by Crippen LogP contribution is 2.27. The Morgan fingerprint density at radius 2 is 1.94 bits per heavy atom. The summed E-state index contributed by atoms with van der Waals surface area (Å²) in [5.74, 6) is 0.346. The second kappa shape index (κ2) is 9.99. The normalized spacial score (nSPS) is 16.0. The van der Waals surface area contributed by atoms with Gasteiger partial charge in [-0.1, -0.05) is 30.7 Å². The van der Waals surface area contributed by atoms with Crippen molar-refractivity contribution in [2.75, 3.05) is 33.4 Å². The molecule has 1 fully saturated rings. The Bertz CT molecular complexity index is 1050. The first-order chi connectivity index (χ1) is 14.8. The van der Waals surface area contributed by atoms with Crippen LogP contribution in [0.5, 0.6) is 5.75 Å². The summed E-state index contributed by atoms with van der Waals surface area (Å²) in [7, 11) is -2.12. The van der Waals surface area contributed by atoms with Gasteiger partial charge in [-0.15, -0.1) is 0 Å². The molecule has 0 spiro atoms. The number of hydrogen-bond acceptors (Lipinski definition) is 5. The Morgan fingerprint density at radius 3 is 2.55 bits per heavy atom. The Labute approximate surface area is 188 Å². The maximum absolute atomic E-state index is 13.0. The van der Waals surface area contributed by atoms with E-state index in [1.165, 1.54) is 22.5 Å². The number of hydrogen-bond donors (Lipinski definition) is 1. The number of carbonyl (C=O) groups excluding carboxylic acids is 1. The third kappa shape index (κ3) is 5.20. The molecule has 168 valence electrons. The summed E-state index contributed by atoms with van der Waals surface area (Å²) in [6.07, 6.45) is 0.654. The second-order valence-corrected chi connectivity index (χ2v) is 9.67. The number of sulfonamides is 1. The second-order valence-electron chi connectivity index (χ2n) is 7.32. The number of halogens is 1. The van der Waals surface area contributed by atoms with Crippen molar-refractivity contribution in [2.45, 2.75) is 31.2 Å². The van der Waals surface area contributed by atoms with Crippen molar-refractivity contribution >= 4 is 27.5 Å².